The van der Waals surface area contributed by atoms with Gasteiger partial charge < -0.3 is 0 Å². The highest BCUT2D eigenvalue weighted by molar-refractivity contribution is 6.28. The molecule has 0 amide bonds. The van der Waals surface area contributed by atoms with E-state index in [0.717, 1.165) is 12.0 Å². The minimum atomic E-state index is -0.521. The maximum atomic E-state index is 13.4. The first-order valence-electron chi connectivity index (χ1n) is 4.43. The fraction of sp³-hybridized carbons (Fsp3) is 0.222. The van der Waals surface area contributed by atoms with Crippen LogP contribution in [0.4, 0.5) is 4.39 Å². The van der Waals surface area contributed by atoms with Gasteiger partial charge in [-0.3, -0.25) is 4.57 Å². The number of rotatable bonds is 2. The van der Waals surface area contributed by atoms with Crippen LogP contribution in [-0.4, -0.2) is 19.5 Å². The number of aromatic nitrogens is 4. The molecule has 4 nitrogen and oxygen atoms in total. The molecule has 0 bridgehead atoms. The topological polar surface area (TPSA) is 43.6 Å². The van der Waals surface area contributed by atoms with Crippen LogP contribution in [0.15, 0.2) is 18.6 Å². The lowest BCUT2D eigenvalue weighted by molar-refractivity contribution is 0.598. The minimum absolute atomic E-state index is 0.0159. The van der Waals surface area contributed by atoms with Crippen molar-refractivity contribution in [1.29, 1.82) is 0 Å². The molecule has 0 aliphatic carbocycles. The fourth-order valence-electron chi connectivity index (χ4n) is 1.30. The summed E-state index contributed by atoms with van der Waals surface area (Å²) in [5.74, 6) is 0.333. The number of imidazole rings is 1. The van der Waals surface area contributed by atoms with Crippen LogP contribution in [0.25, 0.3) is 5.82 Å². The van der Waals surface area contributed by atoms with Crippen LogP contribution in [0.1, 0.15) is 12.7 Å². The van der Waals surface area contributed by atoms with E-state index >= 15 is 0 Å². The Morgan fingerprint density at radius 1 is 1.47 bits per heavy atom. The summed E-state index contributed by atoms with van der Waals surface area (Å²) in [4.78, 5) is 11.5. The monoisotopic (exact) mass is 226 g/mol. The molecule has 0 radical (unpaired) electrons. The molecule has 15 heavy (non-hydrogen) atoms. The van der Waals surface area contributed by atoms with Crippen LogP contribution in [-0.2, 0) is 6.42 Å². The Bertz CT molecular complexity index is 483. The molecule has 2 rings (SSSR count). The van der Waals surface area contributed by atoms with E-state index in [1.807, 2.05) is 6.92 Å². The summed E-state index contributed by atoms with van der Waals surface area (Å²) in [5, 5.41) is 0.0159. The molecule has 0 aliphatic rings. The largest absolute Gasteiger partial charge is 0.285 e. The van der Waals surface area contributed by atoms with Crippen molar-refractivity contribution in [2.45, 2.75) is 13.3 Å². The number of nitrogens with zero attached hydrogens (tertiary/aromatic N) is 4. The van der Waals surface area contributed by atoms with Crippen molar-refractivity contribution >= 4 is 11.6 Å². The molecular formula is C9H8ClFN4. The number of hydrogen-bond donors (Lipinski definition) is 0. The van der Waals surface area contributed by atoms with Gasteiger partial charge in [-0.25, -0.2) is 14.4 Å². The Hall–Kier alpha value is -1.49. The smallest absolute Gasteiger partial charge is 0.224 e. The zero-order valence-electron chi connectivity index (χ0n) is 7.98. The second kappa shape index (κ2) is 3.94. The van der Waals surface area contributed by atoms with Gasteiger partial charge in [0.25, 0.3) is 0 Å². The van der Waals surface area contributed by atoms with E-state index in [-0.39, 0.29) is 11.1 Å². The minimum Gasteiger partial charge on any atom is -0.285 e. The lowest BCUT2D eigenvalue weighted by Gasteiger charge is -2.05. The van der Waals surface area contributed by atoms with E-state index in [1.54, 1.807) is 17.0 Å². The summed E-state index contributed by atoms with van der Waals surface area (Å²) in [6.45, 7) is 1.93. The van der Waals surface area contributed by atoms with Crippen LogP contribution in [0.2, 0.25) is 5.28 Å². The summed E-state index contributed by atoms with van der Waals surface area (Å²) >= 11 is 5.61. The maximum absolute atomic E-state index is 13.4. The Labute approximate surface area is 90.8 Å². The molecule has 0 aromatic carbocycles. The van der Waals surface area contributed by atoms with E-state index in [4.69, 9.17) is 11.6 Å². The van der Waals surface area contributed by atoms with E-state index in [2.05, 4.69) is 15.0 Å². The standard InChI is InChI=1S/C9H8ClFN4/c1-2-7-12-3-4-15(7)8-6(11)5-13-9(10)14-8/h3-5H,2H2,1H3. The van der Waals surface area contributed by atoms with Crippen molar-refractivity contribution in [1.82, 2.24) is 19.5 Å². The molecule has 0 unspecified atom stereocenters. The third kappa shape index (κ3) is 1.83. The highest BCUT2D eigenvalue weighted by atomic mass is 35.5. The number of hydrogen-bond acceptors (Lipinski definition) is 3. The van der Waals surface area contributed by atoms with Gasteiger partial charge in [-0.2, -0.15) is 4.98 Å². The SMILES string of the molecule is CCc1nccn1-c1nc(Cl)ncc1F. The first-order chi connectivity index (χ1) is 7.22. The average molecular weight is 227 g/mol. The molecule has 2 aromatic rings. The second-order valence-corrected chi connectivity index (χ2v) is 3.22. The second-order valence-electron chi connectivity index (χ2n) is 2.88. The van der Waals surface area contributed by atoms with Crippen molar-refractivity contribution in [3.8, 4) is 5.82 Å². The lowest BCUT2D eigenvalue weighted by atomic mass is 10.4. The van der Waals surface area contributed by atoms with Crippen molar-refractivity contribution in [2.24, 2.45) is 0 Å². The first kappa shape index (κ1) is 10.0. The molecule has 0 atom stereocenters. The highest BCUT2D eigenvalue weighted by Crippen LogP contribution is 2.14. The van der Waals surface area contributed by atoms with Gasteiger partial charge in [-0.05, 0) is 11.6 Å². The Balaban J connectivity index is 2.58. The van der Waals surface area contributed by atoms with Gasteiger partial charge in [-0.1, -0.05) is 6.92 Å². The number of halogens is 2. The third-order valence-electron chi connectivity index (χ3n) is 1.96. The molecule has 0 spiro atoms. The van der Waals surface area contributed by atoms with Crippen LogP contribution < -0.4 is 0 Å². The van der Waals surface area contributed by atoms with Gasteiger partial charge in [0.2, 0.25) is 5.28 Å². The molecule has 0 saturated carbocycles. The summed E-state index contributed by atoms with van der Waals surface area (Å²) in [5.41, 5.74) is 0. The van der Waals surface area contributed by atoms with Gasteiger partial charge in [0.1, 0.15) is 5.82 Å². The molecule has 0 saturated heterocycles. The highest BCUT2D eigenvalue weighted by Gasteiger charge is 2.10. The summed E-state index contributed by atoms with van der Waals surface area (Å²) in [6, 6.07) is 0. The van der Waals surface area contributed by atoms with E-state index in [9.17, 15) is 4.39 Å². The van der Waals surface area contributed by atoms with Gasteiger partial charge in [0.15, 0.2) is 11.6 Å². The van der Waals surface area contributed by atoms with Crippen molar-refractivity contribution in [3.05, 3.63) is 35.5 Å². The van der Waals surface area contributed by atoms with Gasteiger partial charge in [0.05, 0.1) is 6.20 Å². The van der Waals surface area contributed by atoms with Gasteiger partial charge >= 0.3 is 0 Å². The molecule has 78 valence electrons. The van der Waals surface area contributed by atoms with Crippen LogP contribution in [0.3, 0.4) is 0 Å². The Morgan fingerprint density at radius 2 is 2.27 bits per heavy atom. The normalized spacial score (nSPS) is 10.6. The molecular weight excluding hydrogens is 219 g/mol. The predicted molar refractivity (Wildman–Crippen MR) is 53.5 cm³/mol. The van der Waals surface area contributed by atoms with Gasteiger partial charge in [0, 0.05) is 18.8 Å². The maximum Gasteiger partial charge on any atom is 0.224 e. The molecule has 0 fully saturated rings. The van der Waals surface area contributed by atoms with E-state index in [1.165, 1.54) is 0 Å². The van der Waals surface area contributed by atoms with Crippen molar-refractivity contribution < 1.29 is 4.39 Å². The summed E-state index contributed by atoms with van der Waals surface area (Å²) in [7, 11) is 0. The lowest BCUT2D eigenvalue weighted by Crippen LogP contribution is -2.05. The zero-order valence-corrected chi connectivity index (χ0v) is 8.74. The Kier molecular flexibility index (Phi) is 2.64. The average Bonchev–Trinajstić information content (AvgIpc) is 2.69. The van der Waals surface area contributed by atoms with Crippen LogP contribution in [0, 0.1) is 5.82 Å². The summed E-state index contributed by atoms with van der Waals surface area (Å²) < 4.78 is 15.0. The molecule has 2 aromatic heterocycles. The Morgan fingerprint density at radius 3 is 3.00 bits per heavy atom. The van der Waals surface area contributed by atoms with Crippen molar-refractivity contribution in [3.63, 3.8) is 0 Å². The van der Waals surface area contributed by atoms with Gasteiger partial charge in [-0.15, -0.1) is 0 Å². The quantitative estimate of drug-likeness (QED) is 0.736. The zero-order chi connectivity index (χ0) is 10.8. The molecule has 2 heterocycles. The van der Waals surface area contributed by atoms with Crippen LogP contribution in [0.5, 0.6) is 0 Å². The molecule has 0 N–H and O–H groups in total. The van der Waals surface area contributed by atoms with E-state index < -0.39 is 5.82 Å². The fourth-order valence-corrected chi connectivity index (χ4v) is 1.42. The first-order valence-corrected chi connectivity index (χ1v) is 4.80. The van der Waals surface area contributed by atoms with Crippen molar-refractivity contribution in [2.75, 3.05) is 0 Å². The van der Waals surface area contributed by atoms with E-state index in [0.29, 0.717) is 6.42 Å². The predicted octanol–water partition coefficient (Wildman–Crippen LogP) is 2.02. The third-order valence-corrected chi connectivity index (χ3v) is 2.14. The molecule has 6 heteroatoms. The van der Waals surface area contributed by atoms with Crippen LogP contribution >= 0.6 is 11.6 Å². The summed E-state index contributed by atoms with van der Waals surface area (Å²) in [6.07, 6.45) is 4.97. The molecule has 0 aliphatic heterocycles. The number of aryl methyl sites for hydroxylation is 1.